The topological polar surface area (TPSA) is 0 Å². The van der Waals surface area contributed by atoms with E-state index in [1.807, 2.05) is 0 Å². The van der Waals surface area contributed by atoms with E-state index in [2.05, 4.69) is 37.7 Å². The molecule has 1 heteroatoms. The Bertz CT molecular complexity index is 218. The largest absolute Gasteiger partial charge is 0.0708 e. The third-order valence-corrected chi connectivity index (χ3v) is 3.47. The molecule has 0 saturated carbocycles. The summed E-state index contributed by atoms with van der Waals surface area (Å²) in [6.45, 7) is 4.60. The van der Waals surface area contributed by atoms with E-state index in [4.69, 9.17) is 0 Å². The predicted octanol–water partition coefficient (Wildman–Crippen LogP) is 1.48. The van der Waals surface area contributed by atoms with Gasteiger partial charge in [0, 0.05) is 0 Å². The summed E-state index contributed by atoms with van der Waals surface area (Å²) in [4.78, 5) is 0. The summed E-state index contributed by atoms with van der Waals surface area (Å²) in [5.74, 6) is 0. The van der Waals surface area contributed by atoms with Crippen LogP contribution in [0.25, 0.3) is 0 Å². The summed E-state index contributed by atoms with van der Waals surface area (Å²) in [6.07, 6.45) is 2.53. The second-order valence-corrected chi connectivity index (χ2v) is 4.34. The quantitative estimate of drug-likeness (QED) is 0.594. The fraction of sp³-hybridized carbons (Fsp3) is 0.400. The smallest absolute Gasteiger partial charge is 0.0520 e. The molecule has 0 aromatic heterocycles. The molecule has 0 amide bonds. The molecule has 1 aromatic rings. The van der Waals surface area contributed by atoms with Gasteiger partial charge in [0.1, 0.15) is 0 Å². The minimum absolute atomic E-state index is 0.0420. The van der Waals surface area contributed by atoms with Gasteiger partial charge in [0.25, 0.3) is 0 Å². The lowest BCUT2D eigenvalue weighted by Crippen LogP contribution is -2.15. The third kappa shape index (κ3) is 2.19. The highest BCUT2D eigenvalue weighted by molar-refractivity contribution is 6.52. The normalized spacial score (nSPS) is 11.1. The summed E-state index contributed by atoms with van der Waals surface area (Å²) in [5, 5.41) is 1.65. The van der Waals surface area contributed by atoms with Crippen molar-refractivity contribution in [3.05, 3.63) is 29.8 Å². The van der Waals surface area contributed by atoms with Crippen molar-refractivity contribution in [1.82, 2.24) is 0 Å². The molecule has 1 aromatic carbocycles. The zero-order chi connectivity index (χ0) is 8.10. The maximum atomic E-state index is 2.36. The van der Waals surface area contributed by atoms with Gasteiger partial charge in [-0.1, -0.05) is 49.3 Å². The minimum Gasteiger partial charge on any atom is -0.0708 e. The highest BCUT2D eigenvalue weighted by Crippen LogP contribution is 1.98. The molecule has 0 radical (unpaired) electrons. The molecule has 0 unspecified atom stereocenters. The zero-order valence-corrected chi connectivity index (χ0v) is 8.84. The molecule has 0 fully saturated rings. The molecule has 1 rings (SSSR count). The van der Waals surface area contributed by atoms with Crippen molar-refractivity contribution in [1.29, 1.82) is 0 Å². The van der Waals surface area contributed by atoms with Gasteiger partial charge in [-0.3, -0.25) is 0 Å². The van der Waals surface area contributed by atoms with Crippen molar-refractivity contribution >= 4 is 14.7 Å². The first-order valence-corrected chi connectivity index (χ1v) is 6.57. The van der Waals surface area contributed by atoms with Crippen LogP contribution in [0.15, 0.2) is 24.3 Å². The van der Waals surface area contributed by atoms with E-state index in [1.165, 1.54) is 12.8 Å². The van der Waals surface area contributed by atoms with E-state index in [-0.39, 0.29) is 9.52 Å². The molecule has 0 spiro atoms. The standard InChI is InChI=1S/C10H16Si/c1-3-6-9-7-4-5-8-10(9)11-2/h4-5,7-8H,3,6,11H2,1-2H3. The first-order valence-electron chi connectivity index (χ1n) is 4.45. The highest BCUT2D eigenvalue weighted by atomic mass is 28.2. The molecule has 11 heavy (non-hydrogen) atoms. The van der Waals surface area contributed by atoms with Crippen LogP contribution in [-0.4, -0.2) is 9.52 Å². The van der Waals surface area contributed by atoms with Crippen LogP contribution >= 0.6 is 0 Å². The molecule has 0 heterocycles. The zero-order valence-electron chi connectivity index (χ0n) is 7.43. The van der Waals surface area contributed by atoms with E-state index in [9.17, 15) is 0 Å². The van der Waals surface area contributed by atoms with Crippen molar-refractivity contribution in [2.24, 2.45) is 0 Å². The summed E-state index contributed by atoms with van der Waals surface area (Å²) in [7, 11) is 0.0420. The summed E-state index contributed by atoms with van der Waals surface area (Å²) in [6, 6.07) is 8.87. The van der Waals surface area contributed by atoms with Crippen molar-refractivity contribution in [2.45, 2.75) is 26.3 Å². The Kier molecular flexibility index (Phi) is 3.37. The van der Waals surface area contributed by atoms with Crippen molar-refractivity contribution in [2.75, 3.05) is 0 Å². The van der Waals surface area contributed by atoms with Crippen molar-refractivity contribution < 1.29 is 0 Å². The fourth-order valence-corrected chi connectivity index (χ4v) is 2.54. The van der Waals surface area contributed by atoms with E-state index < -0.39 is 0 Å². The van der Waals surface area contributed by atoms with Gasteiger partial charge in [-0.15, -0.1) is 0 Å². The number of hydrogen-bond acceptors (Lipinski definition) is 0. The van der Waals surface area contributed by atoms with Crippen molar-refractivity contribution in [3.8, 4) is 0 Å². The van der Waals surface area contributed by atoms with Gasteiger partial charge in [-0.2, -0.15) is 0 Å². The van der Waals surface area contributed by atoms with Crippen LogP contribution in [0.4, 0.5) is 0 Å². The Balaban J connectivity index is 2.83. The van der Waals surface area contributed by atoms with Crippen LogP contribution in [0, 0.1) is 0 Å². The molecular formula is C10H16Si. The summed E-state index contributed by atoms with van der Waals surface area (Å²) < 4.78 is 0. The van der Waals surface area contributed by atoms with Gasteiger partial charge in [0.05, 0.1) is 9.52 Å². The number of rotatable bonds is 3. The summed E-state index contributed by atoms with van der Waals surface area (Å²) >= 11 is 0. The van der Waals surface area contributed by atoms with Gasteiger partial charge in [0.15, 0.2) is 0 Å². The van der Waals surface area contributed by atoms with Crippen molar-refractivity contribution in [3.63, 3.8) is 0 Å². The van der Waals surface area contributed by atoms with Gasteiger partial charge in [-0.25, -0.2) is 0 Å². The lowest BCUT2D eigenvalue weighted by Gasteiger charge is -2.04. The minimum atomic E-state index is 0.0420. The fourth-order valence-electron chi connectivity index (χ4n) is 1.42. The monoisotopic (exact) mass is 164 g/mol. The maximum absolute atomic E-state index is 2.36. The van der Waals surface area contributed by atoms with Gasteiger partial charge >= 0.3 is 0 Å². The number of benzene rings is 1. The lowest BCUT2D eigenvalue weighted by atomic mass is 10.1. The SMILES string of the molecule is CCCc1ccccc1[SiH2]C. The number of hydrogen-bond donors (Lipinski definition) is 0. The molecule has 0 saturated heterocycles. The molecule has 0 aliphatic rings. The predicted molar refractivity (Wildman–Crippen MR) is 54.5 cm³/mol. The maximum Gasteiger partial charge on any atom is 0.0520 e. The molecule has 60 valence electrons. The molecule has 0 bridgehead atoms. The first kappa shape index (κ1) is 8.53. The Hall–Kier alpha value is -0.563. The molecule has 0 nitrogen and oxygen atoms in total. The molecule has 0 aliphatic heterocycles. The van der Waals surface area contributed by atoms with E-state index >= 15 is 0 Å². The molecule has 0 N–H and O–H groups in total. The van der Waals surface area contributed by atoms with Gasteiger partial charge in [-0.05, 0) is 12.0 Å². The second-order valence-electron chi connectivity index (χ2n) is 2.87. The lowest BCUT2D eigenvalue weighted by molar-refractivity contribution is 0.927. The molecule has 0 aliphatic carbocycles. The summed E-state index contributed by atoms with van der Waals surface area (Å²) in [5.41, 5.74) is 1.59. The molecular weight excluding hydrogens is 148 g/mol. The van der Waals surface area contributed by atoms with E-state index in [0.717, 1.165) is 0 Å². The van der Waals surface area contributed by atoms with Crippen LogP contribution in [0.3, 0.4) is 0 Å². The second kappa shape index (κ2) is 4.34. The Morgan fingerprint density at radius 1 is 1.27 bits per heavy atom. The molecule has 0 atom stereocenters. The van der Waals surface area contributed by atoms with Crippen LogP contribution in [0.5, 0.6) is 0 Å². The van der Waals surface area contributed by atoms with E-state index in [1.54, 1.807) is 10.8 Å². The number of aryl methyl sites for hydroxylation is 1. The van der Waals surface area contributed by atoms with Gasteiger partial charge < -0.3 is 0 Å². The highest BCUT2D eigenvalue weighted by Gasteiger charge is 1.96. The Morgan fingerprint density at radius 3 is 2.64 bits per heavy atom. The van der Waals surface area contributed by atoms with Crippen LogP contribution < -0.4 is 5.19 Å². The van der Waals surface area contributed by atoms with E-state index in [0.29, 0.717) is 0 Å². The van der Waals surface area contributed by atoms with Crippen LogP contribution in [0.1, 0.15) is 18.9 Å². The Morgan fingerprint density at radius 2 is 2.00 bits per heavy atom. The van der Waals surface area contributed by atoms with Gasteiger partial charge in [0.2, 0.25) is 0 Å². The Labute approximate surface area is 71.5 Å². The average Bonchev–Trinajstić information content (AvgIpc) is 2.06. The van der Waals surface area contributed by atoms with Crippen LogP contribution in [-0.2, 0) is 6.42 Å². The first-order chi connectivity index (χ1) is 5.38. The van der Waals surface area contributed by atoms with Crippen LogP contribution in [0.2, 0.25) is 6.55 Å². The average molecular weight is 164 g/mol. The third-order valence-electron chi connectivity index (χ3n) is 2.02.